The zero-order valence-corrected chi connectivity index (χ0v) is 22.9. The van der Waals surface area contributed by atoms with Gasteiger partial charge in [0, 0.05) is 38.3 Å². The fourth-order valence-electron chi connectivity index (χ4n) is 3.65. The third-order valence-electron chi connectivity index (χ3n) is 5.68. The van der Waals surface area contributed by atoms with Gasteiger partial charge in [0.1, 0.15) is 17.2 Å². The second-order valence-corrected chi connectivity index (χ2v) is 9.41. The van der Waals surface area contributed by atoms with Gasteiger partial charge in [-0.25, -0.2) is 0 Å². The van der Waals surface area contributed by atoms with Crippen LogP contribution < -0.4 is 25.0 Å². The van der Waals surface area contributed by atoms with Crippen LogP contribution in [-0.4, -0.2) is 56.9 Å². The van der Waals surface area contributed by atoms with Crippen LogP contribution >= 0.6 is 0 Å². The number of carbonyl (C=O) groups excluding carboxylic acids is 2. The van der Waals surface area contributed by atoms with E-state index >= 15 is 0 Å². The monoisotopic (exact) mass is 531 g/mol. The molecule has 0 atom stereocenters. The summed E-state index contributed by atoms with van der Waals surface area (Å²) in [6.07, 6.45) is 2.38. The number of ether oxygens (including phenoxy) is 2. The third-order valence-corrected chi connectivity index (χ3v) is 5.68. The highest BCUT2D eigenvalue weighted by Gasteiger charge is 2.15. The summed E-state index contributed by atoms with van der Waals surface area (Å²) in [5, 5.41) is 14.4. The molecule has 0 saturated heterocycles. The molecule has 0 aromatic heterocycles. The smallest absolute Gasteiger partial charge is 0.267 e. The van der Waals surface area contributed by atoms with E-state index in [-0.39, 0.29) is 25.0 Å². The van der Waals surface area contributed by atoms with Crippen LogP contribution in [0.15, 0.2) is 78.5 Å². The van der Waals surface area contributed by atoms with E-state index in [4.69, 9.17) is 14.6 Å². The van der Waals surface area contributed by atoms with Crippen molar-refractivity contribution in [3.8, 4) is 11.5 Å². The molecule has 8 nitrogen and oxygen atoms in total. The van der Waals surface area contributed by atoms with Crippen LogP contribution in [0, 0.1) is 0 Å². The van der Waals surface area contributed by atoms with Crippen molar-refractivity contribution in [2.45, 2.75) is 26.4 Å². The molecule has 0 unspecified atom stereocenters. The Balaban J connectivity index is 1.62. The number of carbonyl (C=O) groups is 2. The second-order valence-electron chi connectivity index (χ2n) is 9.41. The molecule has 206 valence electrons. The molecule has 0 radical (unpaired) electrons. The molecule has 8 heteroatoms. The van der Waals surface area contributed by atoms with Gasteiger partial charge in [0.25, 0.3) is 11.8 Å². The molecular formula is C31H37N3O5. The van der Waals surface area contributed by atoms with E-state index < -0.39 is 11.8 Å². The minimum absolute atomic E-state index is 0.0442. The van der Waals surface area contributed by atoms with E-state index in [0.717, 1.165) is 12.1 Å². The van der Waals surface area contributed by atoms with Crippen LogP contribution in [0.3, 0.4) is 0 Å². The molecule has 3 rings (SSSR count). The van der Waals surface area contributed by atoms with Crippen molar-refractivity contribution < 1.29 is 24.2 Å². The lowest BCUT2D eigenvalue weighted by Gasteiger charge is -2.13. The predicted molar refractivity (Wildman–Crippen MR) is 154 cm³/mol. The van der Waals surface area contributed by atoms with E-state index in [1.54, 1.807) is 54.6 Å². The minimum Gasteiger partial charge on any atom is -0.493 e. The molecule has 3 aromatic rings. The summed E-state index contributed by atoms with van der Waals surface area (Å²) in [6.45, 7) is 4.25. The van der Waals surface area contributed by atoms with E-state index in [1.165, 1.54) is 5.56 Å². The zero-order valence-electron chi connectivity index (χ0n) is 22.9. The van der Waals surface area contributed by atoms with Gasteiger partial charge in [-0.1, -0.05) is 24.3 Å². The highest BCUT2D eigenvalue weighted by atomic mass is 16.5. The van der Waals surface area contributed by atoms with Crippen molar-refractivity contribution in [3.05, 3.63) is 95.2 Å². The maximum absolute atomic E-state index is 12.9. The number of nitrogens with one attached hydrogen (secondary N) is 2. The Kier molecular flexibility index (Phi) is 10.9. The largest absolute Gasteiger partial charge is 0.493 e. The van der Waals surface area contributed by atoms with Gasteiger partial charge < -0.3 is 30.1 Å². The fraction of sp³-hybridized carbons (Fsp3) is 0.290. The first-order valence-corrected chi connectivity index (χ1v) is 12.9. The normalized spacial score (nSPS) is 11.2. The molecule has 0 aliphatic rings. The standard InChI is InChI=1S/C31H37N3O5/c1-22(2)39-28-13-7-24(8-14-28)21-29(31(37)32-18-19-35)33-30(36)25-9-15-27(16-10-25)38-20-17-23-5-11-26(12-6-23)34(3)4/h5-16,21-22,35H,17-20H2,1-4H3,(H,32,37)(H,33,36)/b29-21+. The summed E-state index contributed by atoms with van der Waals surface area (Å²) in [7, 11) is 4.01. The second kappa shape index (κ2) is 14.6. The topological polar surface area (TPSA) is 100 Å². The Morgan fingerprint density at radius 1 is 0.923 bits per heavy atom. The highest BCUT2D eigenvalue weighted by molar-refractivity contribution is 6.05. The molecule has 39 heavy (non-hydrogen) atoms. The van der Waals surface area contributed by atoms with Crippen LogP contribution in [0.1, 0.15) is 35.3 Å². The number of aliphatic hydroxyl groups is 1. The van der Waals surface area contributed by atoms with Crippen molar-refractivity contribution in [1.29, 1.82) is 0 Å². The van der Waals surface area contributed by atoms with Gasteiger partial charge in [0.15, 0.2) is 0 Å². The van der Waals surface area contributed by atoms with E-state index in [0.29, 0.717) is 29.2 Å². The van der Waals surface area contributed by atoms with Gasteiger partial charge >= 0.3 is 0 Å². The van der Waals surface area contributed by atoms with Gasteiger partial charge in [-0.3, -0.25) is 9.59 Å². The van der Waals surface area contributed by atoms with Crippen LogP contribution in [-0.2, 0) is 11.2 Å². The molecule has 2 amide bonds. The van der Waals surface area contributed by atoms with Crippen molar-refractivity contribution in [2.24, 2.45) is 0 Å². The summed E-state index contributed by atoms with van der Waals surface area (Å²) < 4.78 is 11.5. The van der Waals surface area contributed by atoms with E-state index in [2.05, 4.69) is 39.8 Å². The fourth-order valence-corrected chi connectivity index (χ4v) is 3.65. The Hall–Kier alpha value is -4.30. The summed E-state index contributed by atoms with van der Waals surface area (Å²) in [4.78, 5) is 27.7. The lowest BCUT2D eigenvalue weighted by atomic mass is 10.1. The number of nitrogens with zero attached hydrogens (tertiary/aromatic N) is 1. The summed E-state index contributed by atoms with van der Waals surface area (Å²) in [5.74, 6) is 0.421. The molecule has 3 aromatic carbocycles. The number of benzene rings is 3. The number of hydrogen-bond acceptors (Lipinski definition) is 6. The molecular weight excluding hydrogens is 494 g/mol. The predicted octanol–water partition coefficient (Wildman–Crippen LogP) is 4.04. The van der Waals surface area contributed by atoms with Crippen molar-refractivity contribution in [3.63, 3.8) is 0 Å². The summed E-state index contributed by atoms with van der Waals surface area (Å²) in [5.41, 5.74) is 3.47. The average Bonchev–Trinajstić information content (AvgIpc) is 2.92. The Morgan fingerprint density at radius 2 is 1.56 bits per heavy atom. The molecule has 3 N–H and O–H groups in total. The molecule has 0 spiro atoms. The number of amides is 2. The zero-order chi connectivity index (χ0) is 28.2. The van der Waals surface area contributed by atoms with Crippen LogP contribution in [0.2, 0.25) is 0 Å². The third kappa shape index (κ3) is 9.50. The Morgan fingerprint density at radius 3 is 2.15 bits per heavy atom. The first-order valence-electron chi connectivity index (χ1n) is 12.9. The maximum Gasteiger partial charge on any atom is 0.267 e. The lowest BCUT2D eigenvalue weighted by Crippen LogP contribution is -2.36. The van der Waals surface area contributed by atoms with Gasteiger partial charge in [-0.15, -0.1) is 0 Å². The lowest BCUT2D eigenvalue weighted by molar-refractivity contribution is -0.117. The Labute approximate surface area is 230 Å². The van der Waals surface area contributed by atoms with Gasteiger partial charge in [-0.05, 0) is 79.6 Å². The van der Waals surface area contributed by atoms with E-state index in [1.807, 2.05) is 27.9 Å². The summed E-state index contributed by atoms with van der Waals surface area (Å²) in [6, 6.07) is 22.3. The van der Waals surface area contributed by atoms with Gasteiger partial charge in [0.05, 0.1) is 19.3 Å². The number of hydrogen-bond donors (Lipinski definition) is 3. The van der Waals surface area contributed by atoms with Crippen molar-refractivity contribution in [2.75, 3.05) is 38.8 Å². The SMILES string of the molecule is CC(C)Oc1ccc(/C=C(/NC(=O)c2ccc(OCCc3ccc(N(C)C)cc3)cc2)C(=O)NCCO)cc1. The average molecular weight is 532 g/mol. The minimum atomic E-state index is -0.501. The first kappa shape index (κ1) is 29.3. The Bertz CT molecular complexity index is 1230. The number of aliphatic hydroxyl groups excluding tert-OH is 1. The molecule has 0 saturated carbocycles. The molecule has 0 bridgehead atoms. The molecule has 0 fully saturated rings. The molecule has 0 aliphatic carbocycles. The van der Waals surface area contributed by atoms with E-state index in [9.17, 15) is 9.59 Å². The van der Waals surface area contributed by atoms with Crippen LogP contribution in [0.4, 0.5) is 5.69 Å². The quantitative estimate of drug-likeness (QED) is 0.288. The number of anilines is 1. The van der Waals surface area contributed by atoms with Gasteiger partial charge in [-0.2, -0.15) is 0 Å². The first-order chi connectivity index (χ1) is 18.7. The summed E-state index contributed by atoms with van der Waals surface area (Å²) >= 11 is 0. The van der Waals surface area contributed by atoms with Crippen molar-refractivity contribution >= 4 is 23.6 Å². The number of rotatable bonds is 13. The maximum atomic E-state index is 12.9. The molecule has 0 heterocycles. The van der Waals surface area contributed by atoms with Gasteiger partial charge in [0.2, 0.25) is 0 Å². The van der Waals surface area contributed by atoms with Crippen LogP contribution in [0.25, 0.3) is 6.08 Å². The highest BCUT2D eigenvalue weighted by Crippen LogP contribution is 2.17. The van der Waals surface area contributed by atoms with Crippen molar-refractivity contribution in [1.82, 2.24) is 10.6 Å². The molecule has 0 aliphatic heterocycles. The van der Waals surface area contributed by atoms with Crippen LogP contribution in [0.5, 0.6) is 11.5 Å².